The van der Waals surface area contributed by atoms with Gasteiger partial charge in [-0.1, -0.05) is 11.6 Å². The van der Waals surface area contributed by atoms with Gasteiger partial charge in [-0.2, -0.15) is 0 Å². The van der Waals surface area contributed by atoms with Gasteiger partial charge in [-0.15, -0.1) is 0 Å². The molecule has 3 nitrogen and oxygen atoms in total. The van der Waals surface area contributed by atoms with Gasteiger partial charge < -0.3 is 10.1 Å². The van der Waals surface area contributed by atoms with Crippen LogP contribution in [0.15, 0.2) is 18.2 Å². The van der Waals surface area contributed by atoms with E-state index >= 15 is 0 Å². The molecule has 5 heteroatoms. The topological polar surface area (TPSA) is 38.3 Å². The molecule has 1 fully saturated rings. The van der Waals surface area contributed by atoms with Crippen molar-refractivity contribution in [1.82, 2.24) is 5.32 Å². The van der Waals surface area contributed by atoms with Crippen LogP contribution in [0.25, 0.3) is 0 Å². The molecule has 1 amide bonds. The molecule has 0 aliphatic carbocycles. The smallest absolute Gasteiger partial charge is 0.254 e. The van der Waals surface area contributed by atoms with Crippen LogP contribution in [0.1, 0.15) is 36.0 Å². The summed E-state index contributed by atoms with van der Waals surface area (Å²) in [5, 5.41) is 3.05. The molecule has 1 saturated heterocycles. The second-order valence-electron chi connectivity index (χ2n) is 4.66. The van der Waals surface area contributed by atoms with Crippen LogP contribution in [-0.2, 0) is 4.74 Å². The zero-order chi connectivity index (χ0) is 13.7. The lowest BCUT2D eigenvalue weighted by Gasteiger charge is -2.22. The SMILES string of the molecule is O=C(NCCC1CCCCO1)c1cc(Cl)ccc1F. The van der Waals surface area contributed by atoms with Crippen molar-refractivity contribution in [2.45, 2.75) is 31.8 Å². The third kappa shape index (κ3) is 4.18. The van der Waals surface area contributed by atoms with Crippen molar-refractivity contribution in [1.29, 1.82) is 0 Å². The Hall–Kier alpha value is -1.13. The molecular weight excluding hydrogens is 269 g/mol. The summed E-state index contributed by atoms with van der Waals surface area (Å²) in [7, 11) is 0. The first kappa shape index (κ1) is 14.3. The van der Waals surface area contributed by atoms with E-state index in [0.29, 0.717) is 11.6 Å². The van der Waals surface area contributed by atoms with E-state index in [-0.39, 0.29) is 11.7 Å². The molecule has 0 saturated carbocycles. The lowest BCUT2D eigenvalue weighted by molar-refractivity contribution is 0.0117. The van der Waals surface area contributed by atoms with Crippen molar-refractivity contribution >= 4 is 17.5 Å². The molecule has 1 heterocycles. The fourth-order valence-electron chi connectivity index (χ4n) is 2.15. The highest BCUT2D eigenvalue weighted by atomic mass is 35.5. The average Bonchev–Trinajstić information content (AvgIpc) is 2.42. The standard InChI is InChI=1S/C14H17ClFNO2/c15-10-4-5-13(16)12(9-10)14(18)17-7-6-11-3-1-2-8-19-11/h4-5,9,11H,1-3,6-8H2,(H,17,18). The van der Waals surface area contributed by atoms with Crippen molar-refractivity contribution in [3.63, 3.8) is 0 Å². The average molecular weight is 286 g/mol. The second-order valence-corrected chi connectivity index (χ2v) is 5.09. The Kier molecular flexibility index (Phi) is 5.16. The lowest BCUT2D eigenvalue weighted by atomic mass is 10.1. The summed E-state index contributed by atoms with van der Waals surface area (Å²) in [6, 6.07) is 3.95. The highest BCUT2D eigenvalue weighted by Gasteiger charge is 2.15. The van der Waals surface area contributed by atoms with Crippen LogP contribution in [0.3, 0.4) is 0 Å². The van der Waals surface area contributed by atoms with Crippen molar-refractivity contribution < 1.29 is 13.9 Å². The quantitative estimate of drug-likeness (QED) is 0.923. The first-order valence-electron chi connectivity index (χ1n) is 6.51. The van der Waals surface area contributed by atoms with Crippen LogP contribution in [0.2, 0.25) is 5.02 Å². The maximum absolute atomic E-state index is 13.5. The van der Waals surface area contributed by atoms with Gasteiger partial charge in [0.15, 0.2) is 0 Å². The number of carbonyl (C=O) groups is 1. The molecule has 0 aromatic heterocycles. The van der Waals surface area contributed by atoms with E-state index in [1.165, 1.54) is 24.6 Å². The largest absolute Gasteiger partial charge is 0.378 e. The third-order valence-electron chi connectivity index (χ3n) is 3.20. The third-order valence-corrected chi connectivity index (χ3v) is 3.43. The van der Waals surface area contributed by atoms with Crippen LogP contribution < -0.4 is 5.32 Å². The fourth-order valence-corrected chi connectivity index (χ4v) is 2.32. The summed E-state index contributed by atoms with van der Waals surface area (Å²) in [6.07, 6.45) is 4.27. The van der Waals surface area contributed by atoms with Crippen LogP contribution in [-0.4, -0.2) is 25.2 Å². The zero-order valence-electron chi connectivity index (χ0n) is 10.6. The van der Waals surface area contributed by atoms with Gasteiger partial charge in [-0.3, -0.25) is 4.79 Å². The second kappa shape index (κ2) is 6.87. The number of rotatable bonds is 4. The maximum Gasteiger partial charge on any atom is 0.254 e. The first-order valence-corrected chi connectivity index (χ1v) is 6.89. The number of amides is 1. The predicted octanol–water partition coefficient (Wildman–Crippen LogP) is 3.17. The summed E-state index contributed by atoms with van der Waals surface area (Å²) in [5.41, 5.74) is -0.0166. The predicted molar refractivity (Wildman–Crippen MR) is 72.0 cm³/mol. The van der Waals surface area contributed by atoms with E-state index < -0.39 is 11.7 Å². The van der Waals surface area contributed by atoms with E-state index in [1.54, 1.807) is 0 Å². The Morgan fingerprint density at radius 2 is 2.32 bits per heavy atom. The Bertz CT molecular complexity index is 447. The molecule has 1 atom stereocenters. The van der Waals surface area contributed by atoms with Crippen molar-refractivity contribution in [2.24, 2.45) is 0 Å². The van der Waals surface area contributed by atoms with Crippen LogP contribution in [0.5, 0.6) is 0 Å². The van der Waals surface area contributed by atoms with Gasteiger partial charge in [0.05, 0.1) is 11.7 Å². The number of benzene rings is 1. The van der Waals surface area contributed by atoms with E-state index in [0.717, 1.165) is 25.9 Å². The number of nitrogens with one attached hydrogen (secondary N) is 1. The van der Waals surface area contributed by atoms with Gasteiger partial charge in [0.25, 0.3) is 5.91 Å². The van der Waals surface area contributed by atoms with Crippen LogP contribution in [0, 0.1) is 5.82 Å². The van der Waals surface area contributed by atoms with E-state index in [9.17, 15) is 9.18 Å². The van der Waals surface area contributed by atoms with Crippen molar-refractivity contribution in [3.8, 4) is 0 Å². The van der Waals surface area contributed by atoms with Gasteiger partial charge in [0.1, 0.15) is 5.82 Å². The molecule has 0 radical (unpaired) electrons. The van der Waals surface area contributed by atoms with Gasteiger partial charge in [0, 0.05) is 18.2 Å². The summed E-state index contributed by atoms with van der Waals surface area (Å²) in [6.45, 7) is 1.27. The Morgan fingerprint density at radius 3 is 3.05 bits per heavy atom. The molecule has 1 aliphatic heterocycles. The minimum atomic E-state index is -0.559. The Labute approximate surface area is 117 Å². The molecule has 1 unspecified atom stereocenters. The van der Waals surface area contributed by atoms with Crippen molar-refractivity contribution in [2.75, 3.05) is 13.2 Å². The van der Waals surface area contributed by atoms with E-state index in [1.807, 2.05) is 0 Å². The lowest BCUT2D eigenvalue weighted by Crippen LogP contribution is -2.29. The number of halogens is 2. The summed E-state index contributed by atoms with van der Waals surface area (Å²) in [4.78, 5) is 11.8. The Balaban J connectivity index is 1.82. The fraction of sp³-hybridized carbons (Fsp3) is 0.500. The summed E-state index contributed by atoms with van der Waals surface area (Å²) >= 11 is 5.75. The molecule has 19 heavy (non-hydrogen) atoms. The number of ether oxygens (including phenoxy) is 1. The number of hydrogen-bond donors (Lipinski definition) is 1. The molecule has 104 valence electrons. The molecular formula is C14H17ClFNO2. The Morgan fingerprint density at radius 1 is 1.47 bits per heavy atom. The minimum absolute atomic E-state index is 0.0166. The number of carbonyl (C=O) groups excluding carboxylic acids is 1. The van der Waals surface area contributed by atoms with Crippen molar-refractivity contribution in [3.05, 3.63) is 34.6 Å². The molecule has 2 rings (SSSR count). The van der Waals surface area contributed by atoms with Crippen LogP contribution in [0.4, 0.5) is 4.39 Å². The van der Waals surface area contributed by atoms with E-state index in [4.69, 9.17) is 16.3 Å². The zero-order valence-corrected chi connectivity index (χ0v) is 11.4. The van der Waals surface area contributed by atoms with E-state index in [2.05, 4.69) is 5.32 Å². The highest BCUT2D eigenvalue weighted by molar-refractivity contribution is 6.30. The summed E-state index contributed by atoms with van der Waals surface area (Å²) < 4.78 is 19.0. The normalized spacial score (nSPS) is 19.2. The van der Waals surface area contributed by atoms with Gasteiger partial charge in [0.2, 0.25) is 0 Å². The molecule has 0 bridgehead atoms. The number of hydrogen-bond acceptors (Lipinski definition) is 2. The minimum Gasteiger partial charge on any atom is -0.378 e. The first-order chi connectivity index (χ1) is 9.16. The van der Waals surface area contributed by atoms with Gasteiger partial charge in [-0.25, -0.2) is 4.39 Å². The maximum atomic E-state index is 13.5. The molecule has 1 N–H and O–H groups in total. The summed E-state index contributed by atoms with van der Waals surface area (Å²) in [5.74, 6) is -0.994. The van der Waals surface area contributed by atoms with Gasteiger partial charge in [-0.05, 0) is 43.9 Å². The monoisotopic (exact) mass is 285 g/mol. The molecule has 1 aromatic rings. The highest BCUT2D eigenvalue weighted by Crippen LogP contribution is 2.16. The molecule has 1 aliphatic rings. The molecule has 0 spiro atoms. The molecule has 1 aromatic carbocycles. The van der Waals surface area contributed by atoms with Gasteiger partial charge >= 0.3 is 0 Å². The van der Waals surface area contributed by atoms with Crippen LogP contribution >= 0.6 is 11.6 Å².